The normalized spacial score (nSPS) is 15.2. The number of likely N-dealkylation sites (tertiary alicyclic amines) is 1. The number of unbranched alkanes of at least 4 members (excludes halogenated alkanes) is 1. The molecule has 0 atom stereocenters. The van der Waals surface area contributed by atoms with Crippen LogP contribution in [0.25, 0.3) is 16.0 Å². The number of fused-ring (bicyclic) bond motifs is 3. The van der Waals surface area contributed by atoms with E-state index in [0.29, 0.717) is 29.9 Å². The number of aromatic nitrogens is 4. The highest BCUT2D eigenvalue weighted by Gasteiger charge is 2.22. The van der Waals surface area contributed by atoms with Gasteiger partial charge in [-0.3, -0.25) is 23.5 Å². The number of carbonyl (C=O) groups is 1. The molecule has 0 radical (unpaired) electrons. The van der Waals surface area contributed by atoms with Crippen LogP contribution in [0.1, 0.15) is 50.4 Å². The molecule has 1 fully saturated rings. The number of carbonyl (C=O) groups excluding carboxylic acids is 1. The van der Waals surface area contributed by atoms with Crippen LogP contribution in [0.5, 0.6) is 0 Å². The molecule has 9 heteroatoms. The van der Waals surface area contributed by atoms with Crippen molar-refractivity contribution in [2.24, 2.45) is 0 Å². The van der Waals surface area contributed by atoms with Crippen LogP contribution >= 0.6 is 11.3 Å². The second kappa shape index (κ2) is 10.7. The summed E-state index contributed by atoms with van der Waals surface area (Å²) in [7, 11) is 0. The molecule has 1 aromatic carbocycles. The summed E-state index contributed by atoms with van der Waals surface area (Å²) in [6.07, 6.45) is 4.66. The molecule has 184 valence electrons. The van der Waals surface area contributed by atoms with Crippen molar-refractivity contribution in [3.63, 3.8) is 0 Å². The third-order valence-corrected chi connectivity index (χ3v) is 7.68. The summed E-state index contributed by atoms with van der Waals surface area (Å²) in [5.41, 5.74) is 2.15. The molecule has 3 aromatic heterocycles. The number of nitrogens with one attached hydrogen (secondary N) is 1. The molecule has 35 heavy (non-hydrogen) atoms. The Morgan fingerprint density at radius 1 is 1.14 bits per heavy atom. The number of hydrogen-bond donors (Lipinski definition) is 1. The third-order valence-electron chi connectivity index (χ3n) is 6.79. The summed E-state index contributed by atoms with van der Waals surface area (Å²) >= 11 is 1.44. The molecule has 1 aliphatic rings. The maximum Gasteiger partial charge on any atom is 0.272 e. The Morgan fingerprint density at radius 3 is 2.71 bits per heavy atom. The van der Waals surface area contributed by atoms with Crippen molar-refractivity contribution < 1.29 is 4.79 Å². The van der Waals surface area contributed by atoms with Gasteiger partial charge in [-0.25, -0.2) is 0 Å². The molecule has 0 saturated carbocycles. The van der Waals surface area contributed by atoms with Gasteiger partial charge in [0.1, 0.15) is 10.5 Å². The number of nitrogens with zero attached hydrogens (tertiary/aromatic N) is 5. The fourth-order valence-corrected chi connectivity index (χ4v) is 5.69. The number of rotatable bonds is 9. The molecule has 1 aliphatic heterocycles. The Morgan fingerprint density at radius 2 is 1.94 bits per heavy atom. The van der Waals surface area contributed by atoms with E-state index in [1.165, 1.54) is 16.9 Å². The number of aryl methyl sites for hydroxylation is 2. The second-order valence-electron chi connectivity index (χ2n) is 9.30. The molecule has 0 bridgehead atoms. The van der Waals surface area contributed by atoms with Gasteiger partial charge in [0.05, 0.1) is 5.52 Å². The summed E-state index contributed by atoms with van der Waals surface area (Å²) in [5.74, 6) is 1.33. The lowest BCUT2D eigenvalue weighted by Crippen LogP contribution is -2.44. The van der Waals surface area contributed by atoms with Crippen LogP contribution in [-0.2, 0) is 24.3 Å². The first-order valence-electron chi connectivity index (χ1n) is 12.5. The van der Waals surface area contributed by atoms with E-state index in [0.717, 1.165) is 56.7 Å². The Hall–Kier alpha value is -3.04. The SMILES string of the molecule is CCCCn1c(=O)c2sccc2n2c(CCC(=O)NC3CCN(Cc4ccccc4)CC3)nnc12. The minimum atomic E-state index is -0.00810. The van der Waals surface area contributed by atoms with Crippen LogP contribution in [0.2, 0.25) is 0 Å². The summed E-state index contributed by atoms with van der Waals surface area (Å²) < 4.78 is 4.39. The smallest absolute Gasteiger partial charge is 0.272 e. The van der Waals surface area contributed by atoms with Crippen LogP contribution in [0.15, 0.2) is 46.6 Å². The number of hydrogen-bond acceptors (Lipinski definition) is 6. The molecule has 1 amide bonds. The van der Waals surface area contributed by atoms with Gasteiger partial charge in [0, 0.05) is 45.1 Å². The molecule has 4 aromatic rings. The van der Waals surface area contributed by atoms with Gasteiger partial charge in [-0.15, -0.1) is 21.5 Å². The van der Waals surface area contributed by atoms with Gasteiger partial charge in [0.2, 0.25) is 11.7 Å². The molecule has 1 N–H and O–H groups in total. The summed E-state index contributed by atoms with van der Waals surface area (Å²) in [6.45, 7) is 5.66. The van der Waals surface area contributed by atoms with Gasteiger partial charge in [-0.2, -0.15) is 0 Å². The van der Waals surface area contributed by atoms with Gasteiger partial charge >= 0.3 is 0 Å². The predicted octanol–water partition coefficient (Wildman–Crippen LogP) is 3.62. The van der Waals surface area contributed by atoms with Crippen LogP contribution in [-0.4, -0.2) is 49.1 Å². The van der Waals surface area contributed by atoms with Gasteiger partial charge in [-0.1, -0.05) is 43.7 Å². The Kier molecular flexibility index (Phi) is 7.24. The first-order valence-corrected chi connectivity index (χ1v) is 13.4. The Labute approximate surface area is 208 Å². The average Bonchev–Trinajstić information content (AvgIpc) is 3.52. The summed E-state index contributed by atoms with van der Waals surface area (Å²) in [4.78, 5) is 28.2. The summed E-state index contributed by atoms with van der Waals surface area (Å²) in [6, 6.07) is 12.7. The van der Waals surface area contributed by atoms with Crippen molar-refractivity contribution in [1.29, 1.82) is 0 Å². The first kappa shape index (κ1) is 23.7. The predicted molar refractivity (Wildman–Crippen MR) is 139 cm³/mol. The molecular weight excluding hydrogens is 460 g/mol. The van der Waals surface area contributed by atoms with E-state index in [9.17, 15) is 9.59 Å². The second-order valence-corrected chi connectivity index (χ2v) is 10.2. The van der Waals surface area contributed by atoms with Gasteiger partial charge in [-0.05, 0) is 36.3 Å². The average molecular weight is 493 g/mol. The number of amides is 1. The fourth-order valence-electron chi connectivity index (χ4n) is 4.86. The number of thiophene rings is 1. The van der Waals surface area contributed by atoms with E-state index < -0.39 is 0 Å². The summed E-state index contributed by atoms with van der Waals surface area (Å²) in [5, 5.41) is 13.9. The highest BCUT2D eigenvalue weighted by molar-refractivity contribution is 7.17. The van der Waals surface area contributed by atoms with Crippen molar-refractivity contribution >= 4 is 33.2 Å². The van der Waals surface area contributed by atoms with Crippen molar-refractivity contribution in [2.75, 3.05) is 13.1 Å². The standard InChI is InChI=1S/C26H32N6O2S/c1-2-3-14-31-25(34)24-21(13-17-35-24)32-22(28-29-26(31)32)9-10-23(33)27-20-11-15-30(16-12-20)18-19-7-5-4-6-8-19/h4-8,13,17,20H,2-3,9-12,14-16,18H2,1H3,(H,27,33). The molecule has 8 nitrogen and oxygen atoms in total. The minimum Gasteiger partial charge on any atom is -0.353 e. The maximum atomic E-state index is 13.0. The highest BCUT2D eigenvalue weighted by atomic mass is 32.1. The lowest BCUT2D eigenvalue weighted by atomic mass is 10.0. The van der Waals surface area contributed by atoms with Crippen molar-refractivity contribution in [3.8, 4) is 0 Å². The monoisotopic (exact) mass is 492 g/mol. The third kappa shape index (κ3) is 5.16. The Bertz CT molecular complexity index is 1350. The number of piperidine rings is 1. The van der Waals surface area contributed by atoms with Crippen molar-refractivity contribution in [1.82, 2.24) is 29.4 Å². The van der Waals surface area contributed by atoms with Crippen LogP contribution in [0.4, 0.5) is 0 Å². The molecule has 1 saturated heterocycles. The zero-order chi connectivity index (χ0) is 24.2. The molecule has 0 spiro atoms. The Balaban J connectivity index is 1.20. The van der Waals surface area contributed by atoms with Gasteiger partial charge in [0.15, 0.2) is 0 Å². The lowest BCUT2D eigenvalue weighted by molar-refractivity contribution is -0.122. The van der Waals surface area contributed by atoms with E-state index >= 15 is 0 Å². The van der Waals surface area contributed by atoms with Gasteiger partial charge in [0.25, 0.3) is 5.56 Å². The molecule has 0 aliphatic carbocycles. The quantitative estimate of drug-likeness (QED) is 0.386. The van der Waals surface area contributed by atoms with E-state index in [4.69, 9.17) is 0 Å². The van der Waals surface area contributed by atoms with Crippen LogP contribution in [0.3, 0.4) is 0 Å². The van der Waals surface area contributed by atoms with Crippen LogP contribution in [0, 0.1) is 0 Å². The van der Waals surface area contributed by atoms with E-state index in [2.05, 4.69) is 51.6 Å². The molecular formula is C26H32N6O2S. The zero-order valence-corrected chi connectivity index (χ0v) is 21.0. The lowest BCUT2D eigenvalue weighted by Gasteiger charge is -2.32. The van der Waals surface area contributed by atoms with E-state index in [-0.39, 0.29) is 17.5 Å². The van der Waals surface area contributed by atoms with Crippen molar-refractivity contribution in [3.05, 3.63) is 63.5 Å². The molecule has 0 unspecified atom stereocenters. The fraction of sp³-hybridized carbons (Fsp3) is 0.462. The van der Waals surface area contributed by atoms with E-state index in [1.807, 2.05) is 21.9 Å². The molecule has 5 rings (SSSR count). The maximum absolute atomic E-state index is 13.0. The molecule has 4 heterocycles. The number of benzene rings is 1. The van der Waals surface area contributed by atoms with Crippen LogP contribution < -0.4 is 10.9 Å². The first-order chi connectivity index (χ1) is 17.1. The van der Waals surface area contributed by atoms with E-state index in [1.54, 1.807) is 4.57 Å². The largest absolute Gasteiger partial charge is 0.353 e. The van der Waals surface area contributed by atoms with Crippen molar-refractivity contribution in [2.45, 2.75) is 64.6 Å². The zero-order valence-electron chi connectivity index (χ0n) is 20.2. The minimum absolute atomic E-state index is 0.00810. The topological polar surface area (TPSA) is 84.5 Å². The highest BCUT2D eigenvalue weighted by Crippen LogP contribution is 2.21. The van der Waals surface area contributed by atoms with Gasteiger partial charge < -0.3 is 5.32 Å².